The lowest BCUT2D eigenvalue weighted by atomic mass is 10.1. The highest BCUT2D eigenvalue weighted by Gasteiger charge is 2.03. The smallest absolute Gasteiger partial charge is 0.167 e. The Bertz CT molecular complexity index is 477. The van der Waals surface area contributed by atoms with Gasteiger partial charge < -0.3 is 4.52 Å². The molecule has 0 saturated heterocycles. The Morgan fingerprint density at radius 3 is 2.50 bits per heavy atom. The molecule has 0 aliphatic heterocycles. The van der Waals surface area contributed by atoms with Crippen molar-refractivity contribution >= 4 is 0 Å². The summed E-state index contributed by atoms with van der Waals surface area (Å²) in [5, 5.41) is 12.4. The first kappa shape index (κ1) is 8.52. The highest BCUT2D eigenvalue weighted by atomic mass is 16.5. The fraction of sp³-hybridized carbons (Fsp3) is 0.0909. The third-order valence-corrected chi connectivity index (χ3v) is 1.93. The summed E-state index contributed by atoms with van der Waals surface area (Å²) in [5.41, 5.74) is 2.43. The lowest BCUT2D eigenvalue weighted by Gasteiger charge is -1.93. The van der Waals surface area contributed by atoms with Crippen molar-refractivity contribution in [3.63, 3.8) is 0 Å². The van der Waals surface area contributed by atoms with Gasteiger partial charge in [0.1, 0.15) is 0 Å². The molecule has 14 heavy (non-hydrogen) atoms. The molecule has 0 N–H and O–H groups in total. The van der Waals surface area contributed by atoms with Crippen LogP contribution in [-0.2, 0) is 0 Å². The van der Waals surface area contributed by atoms with Crippen molar-refractivity contribution < 1.29 is 4.52 Å². The molecule has 3 heteroatoms. The minimum Gasteiger partial charge on any atom is -0.356 e. The standard InChI is InChI=1S/C11H8N2O/c1-8-6-11(14-13-8)10-4-2-9(7-12)3-5-10/h2-6H,1H3. The molecule has 0 radical (unpaired) electrons. The first-order chi connectivity index (χ1) is 6.79. The van der Waals surface area contributed by atoms with Gasteiger partial charge in [0.15, 0.2) is 5.76 Å². The molecule has 2 rings (SSSR count). The normalized spacial score (nSPS) is 9.71. The van der Waals surface area contributed by atoms with Gasteiger partial charge in [0.05, 0.1) is 17.3 Å². The van der Waals surface area contributed by atoms with Gasteiger partial charge in [0, 0.05) is 11.6 Å². The van der Waals surface area contributed by atoms with E-state index >= 15 is 0 Å². The molecule has 0 aliphatic rings. The average Bonchev–Trinajstić information content (AvgIpc) is 2.65. The van der Waals surface area contributed by atoms with Gasteiger partial charge in [-0.2, -0.15) is 5.26 Å². The van der Waals surface area contributed by atoms with Crippen LogP contribution in [0.4, 0.5) is 0 Å². The van der Waals surface area contributed by atoms with Gasteiger partial charge in [-0.05, 0) is 31.2 Å². The molecular weight excluding hydrogens is 176 g/mol. The second-order valence-corrected chi connectivity index (χ2v) is 3.02. The van der Waals surface area contributed by atoms with Crippen LogP contribution >= 0.6 is 0 Å². The molecule has 1 aromatic heterocycles. The molecule has 0 bridgehead atoms. The van der Waals surface area contributed by atoms with Gasteiger partial charge in [-0.1, -0.05) is 5.16 Å². The van der Waals surface area contributed by atoms with E-state index in [0.717, 1.165) is 17.0 Å². The van der Waals surface area contributed by atoms with Crippen molar-refractivity contribution in [3.8, 4) is 17.4 Å². The molecule has 3 nitrogen and oxygen atoms in total. The largest absolute Gasteiger partial charge is 0.356 e. The number of hydrogen-bond donors (Lipinski definition) is 0. The molecule has 1 heterocycles. The molecule has 0 saturated carbocycles. The minimum absolute atomic E-state index is 0.644. The first-order valence-corrected chi connectivity index (χ1v) is 4.23. The zero-order chi connectivity index (χ0) is 9.97. The molecule has 68 valence electrons. The third-order valence-electron chi connectivity index (χ3n) is 1.93. The Morgan fingerprint density at radius 1 is 1.29 bits per heavy atom. The van der Waals surface area contributed by atoms with E-state index in [-0.39, 0.29) is 0 Å². The maximum atomic E-state index is 8.62. The van der Waals surface area contributed by atoms with Crippen molar-refractivity contribution in [3.05, 3.63) is 41.6 Å². The van der Waals surface area contributed by atoms with E-state index in [2.05, 4.69) is 11.2 Å². The van der Waals surface area contributed by atoms with E-state index in [1.807, 2.05) is 25.1 Å². The van der Waals surface area contributed by atoms with Gasteiger partial charge in [0.25, 0.3) is 0 Å². The first-order valence-electron chi connectivity index (χ1n) is 4.23. The lowest BCUT2D eigenvalue weighted by Crippen LogP contribution is -1.75. The van der Waals surface area contributed by atoms with E-state index in [9.17, 15) is 0 Å². The van der Waals surface area contributed by atoms with Gasteiger partial charge >= 0.3 is 0 Å². The topological polar surface area (TPSA) is 49.8 Å². The minimum atomic E-state index is 0.644. The van der Waals surface area contributed by atoms with Gasteiger partial charge in [-0.25, -0.2) is 0 Å². The molecule has 0 amide bonds. The summed E-state index contributed by atoms with van der Waals surface area (Å²) in [6.07, 6.45) is 0. The summed E-state index contributed by atoms with van der Waals surface area (Å²) in [4.78, 5) is 0. The number of rotatable bonds is 1. The fourth-order valence-corrected chi connectivity index (χ4v) is 1.21. The molecule has 0 unspecified atom stereocenters. The molecule has 0 aliphatic carbocycles. The van der Waals surface area contributed by atoms with Crippen molar-refractivity contribution in [2.24, 2.45) is 0 Å². The quantitative estimate of drug-likeness (QED) is 0.684. The highest BCUT2D eigenvalue weighted by molar-refractivity contribution is 5.58. The summed E-state index contributed by atoms with van der Waals surface area (Å²) in [5.74, 6) is 0.729. The SMILES string of the molecule is Cc1cc(-c2ccc(C#N)cc2)on1. The third kappa shape index (κ3) is 1.50. The van der Waals surface area contributed by atoms with Crippen LogP contribution in [0.15, 0.2) is 34.9 Å². The van der Waals surface area contributed by atoms with Crippen LogP contribution in [0.3, 0.4) is 0 Å². The summed E-state index contributed by atoms with van der Waals surface area (Å²) in [6.45, 7) is 1.87. The molecule has 2 aromatic rings. The molecule has 0 fully saturated rings. The predicted molar refractivity (Wildman–Crippen MR) is 51.4 cm³/mol. The summed E-state index contributed by atoms with van der Waals surface area (Å²) >= 11 is 0. The zero-order valence-corrected chi connectivity index (χ0v) is 7.69. The van der Waals surface area contributed by atoms with E-state index in [1.54, 1.807) is 12.1 Å². The molecular formula is C11H8N2O. The maximum absolute atomic E-state index is 8.62. The monoisotopic (exact) mass is 184 g/mol. The number of hydrogen-bond acceptors (Lipinski definition) is 3. The summed E-state index contributed by atoms with van der Waals surface area (Å²) in [7, 11) is 0. The predicted octanol–water partition coefficient (Wildman–Crippen LogP) is 2.52. The number of nitriles is 1. The van der Waals surface area contributed by atoms with Crippen molar-refractivity contribution in [2.75, 3.05) is 0 Å². The van der Waals surface area contributed by atoms with Crippen LogP contribution < -0.4 is 0 Å². The maximum Gasteiger partial charge on any atom is 0.167 e. The van der Waals surface area contributed by atoms with Crippen LogP contribution in [0, 0.1) is 18.3 Å². The van der Waals surface area contributed by atoms with E-state index in [1.165, 1.54) is 0 Å². The summed E-state index contributed by atoms with van der Waals surface area (Å²) in [6, 6.07) is 11.1. The van der Waals surface area contributed by atoms with Crippen molar-refractivity contribution in [2.45, 2.75) is 6.92 Å². The highest BCUT2D eigenvalue weighted by Crippen LogP contribution is 2.20. The van der Waals surface area contributed by atoms with Crippen LogP contribution in [-0.4, -0.2) is 5.16 Å². The average molecular weight is 184 g/mol. The Hall–Kier alpha value is -2.08. The van der Waals surface area contributed by atoms with Crippen molar-refractivity contribution in [1.82, 2.24) is 5.16 Å². The van der Waals surface area contributed by atoms with E-state index in [4.69, 9.17) is 9.78 Å². The Kier molecular flexibility index (Phi) is 2.04. The van der Waals surface area contributed by atoms with Crippen molar-refractivity contribution in [1.29, 1.82) is 5.26 Å². The van der Waals surface area contributed by atoms with E-state index in [0.29, 0.717) is 5.56 Å². The Morgan fingerprint density at radius 2 is 2.00 bits per heavy atom. The molecule has 1 aromatic carbocycles. The Balaban J connectivity index is 2.39. The Labute approximate surface area is 81.6 Å². The fourth-order valence-electron chi connectivity index (χ4n) is 1.21. The second-order valence-electron chi connectivity index (χ2n) is 3.02. The van der Waals surface area contributed by atoms with E-state index < -0.39 is 0 Å². The molecule has 0 spiro atoms. The van der Waals surface area contributed by atoms with Crippen LogP contribution in [0.25, 0.3) is 11.3 Å². The van der Waals surface area contributed by atoms with Crippen LogP contribution in [0.1, 0.15) is 11.3 Å². The zero-order valence-electron chi connectivity index (χ0n) is 7.69. The number of aromatic nitrogens is 1. The second kappa shape index (κ2) is 3.35. The van der Waals surface area contributed by atoms with Gasteiger partial charge in [-0.3, -0.25) is 0 Å². The number of benzene rings is 1. The number of nitrogens with zero attached hydrogens (tertiary/aromatic N) is 2. The number of aryl methyl sites for hydroxylation is 1. The lowest BCUT2D eigenvalue weighted by molar-refractivity contribution is 0.427. The van der Waals surface area contributed by atoms with Crippen LogP contribution in [0.5, 0.6) is 0 Å². The summed E-state index contributed by atoms with van der Waals surface area (Å²) < 4.78 is 5.09. The van der Waals surface area contributed by atoms with Gasteiger partial charge in [0.2, 0.25) is 0 Å². The van der Waals surface area contributed by atoms with Crippen LogP contribution in [0.2, 0.25) is 0 Å². The van der Waals surface area contributed by atoms with Gasteiger partial charge in [-0.15, -0.1) is 0 Å². The molecule has 0 atom stereocenters.